The van der Waals surface area contributed by atoms with Gasteiger partial charge in [0.15, 0.2) is 0 Å². The third-order valence-corrected chi connectivity index (χ3v) is 3.21. The van der Waals surface area contributed by atoms with Gasteiger partial charge >= 0.3 is 0 Å². The Balaban J connectivity index is 1.92. The van der Waals surface area contributed by atoms with Crippen LogP contribution < -0.4 is 10.5 Å². The van der Waals surface area contributed by atoms with Crippen molar-refractivity contribution in [1.29, 1.82) is 0 Å². The first-order chi connectivity index (χ1) is 7.66. The summed E-state index contributed by atoms with van der Waals surface area (Å²) >= 11 is 0. The Morgan fingerprint density at radius 3 is 2.75 bits per heavy atom. The van der Waals surface area contributed by atoms with Gasteiger partial charge in [-0.3, -0.25) is 0 Å². The van der Waals surface area contributed by atoms with Crippen LogP contribution in [0.3, 0.4) is 0 Å². The molecule has 2 N–H and O–H groups in total. The quantitative estimate of drug-likeness (QED) is 0.825. The molecular weight excluding hydrogens is 198 g/mol. The molecule has 0 unspecified atom stereocenters. The lowest BCUT2D eigenvalue weighted by Crippen LogP contribution is -2.06. The minimum atomic E-state index is 0.0965. The zero-order valence-electron chi connectivity index (χ0n) is 10.2. The van der Waals surface area contributed by atoms with E-state index in [2.05, 4.69) is 19.1 Å². The summed E-state index contributed by atoms with van der Waals surface area (Å²) in [5.74, 6) is 1.94. The Morgan fingerprint density at radius 1 is 1.44 bits per heavy atom. The summed E-state index contributed by atoms with van der Waals surface area (Å²) in [6, 6.07) is 6.32. The van der Waals surface area contributed by atoms with E-state index in [9.17, 15) is 0 Å². The van der Waals surface area contributed by atoms with Crippen molar-refractivity contribution in [1.82, 2.24) is 0 Å². The number of hydrogen-bond acceptors (Lipinski definition) is 2. The molecule has 88 valence electrons. The van der Waals surface area contributed by atoms with Crippen LogP contribution in [0.4, 0.5) is 0 Å². The van der Waals surface area contributed by atoms with Gasteiger partial charge in [-0.15, -0.1) is 0 Å². The fourth-order valence-corrected chi connectivity index (χ4v) is 1.86. The molecule has 1 aromatic carbocycles. The molecule has 0 bridgehead atoms. The Bertz CT molecular complexity index is 356. The van der Waals surface area contributed by atoms with Crippen molar-refractivity contribution < 1.29 is 4.74 Å². The molecule has 2 rings (SSSR count). The van der Waals surface area contributed by atoms with Crippen LogP contribution in [0.1, 0.15) is 43.4 Å². The first-order valence-corrected chi connectivity index (χ1v) is 6.15. The molecule has 0 heterocycles. The van der Waals surface area contributed by atoms with E-state index in [1.165, 1.54) is 30.4 Å². The molecule has 16 heavy (non-hydrogen) atoms. The normalized spacial score (nSPS) is 17.2. The second kappa shape index (κ2) is 4.88. The minimum Gasteiger partial charge on any atom is -0.493 e. The maximum absolute atomic E-state index is 5.84. The summed E-state index contributed by atoms with van der Waals surface area (Å²) in [4.78, 5) is 0. The highest BCUT2D eigenvalue weighted by Gasteiger charge is 2.20. The van der Waals surface area contributed by atoms with Crippen LogP contribution in [0.5, 0.6) is 5.75 Å². The van der Waals surface area contributed by atoms with Crippen LogP contribution in [-0.2, 0) is 0 Å². The lowest BCUT2D eigenvalue weighted by Gasteiger charge is -2.12. The maximum atomic E-state index is 5.84. The molecule has 1 aromatic rings. The highest BCUT2D eigenvalue weighted by atomic mass is 16.5. The molecule has 0 spiro atoms. The topological polar surface area (TPSA) is 35.2 Å². The number of benzene rings is 1. The van der Waals surface area contributed by atoms with Gasteiger partial charge < -0.3 is 10.5 Å². The fraction of sp³-hybridized carbons (Fsp3) is 0.571. The van der Waals surface area contributed by atoms with Gasteiger partial charge in [0.2, 0.25) is 0 Å². The molecule has 1 saturated carbocycles. The van der Waals surface area contributed by atoms with E-state index in [4.69, 9.17) is 10.5 Å². The van der Waals surface area contributed by atoms with Crippen molar-refractivity contribution in [2.75, 3.05) is 6.61 Å². The van der Waals surface area contributed by atoms with Gasteiger partial charge in [0, 0.05) is 6.04 Å². The number of nitrogens with two attached hydrogens (primary N) is 1. The highest BCUT2D eigenvalue weighted by molar-refractivity contribution is 5.37. The van der Waals surface area contributed by atoms with Crippen molar-refractivity contribution in [3.63, 3.8) is 0 Å². The van der Waals surface area contributed by atoms with Gasteiger partial charge in [-0.05, 0) is 43.4 Å². The van der Waals surface area contributed by atoms with Crippen LogP contribution in [0.2, 0.25) is 0 Å². The van der Waals surface area contributed by atoms with E-state index in [0.29, 0.717) is 0 Å². The van der Waals surface area contributed by atoms with Crippen LogP contribution in [-0.4, -0.2) is 6.61 Å². The summed E-state index contributed by atoms with van der Waals surface area (Å²) in [7, 11) is 0. The van der Waals surface area contributed by atoms with Gasteiger partial charge in [0.1, 0.15) is 5.75 Å². The standard InChI is InChI=1S/C14H21NO/c1-10-9-13(11(2)15)5-6-14(10)16-8-7-12-3-4-12/h5-6,9,11-12H,3-4,7-8,15H2,1-2H3/t11-/m1/s1. The summed E-state index contributed by atoms with van der Waals surface area (Å²) in [5.41, 5.74) is 8.20. The van der Waals surface area contributed by atoms with E-state index < -0.39 is 0 Å². The van der Waals surface area contributed by atoms with Gasteiger partial charge in [-0.2, -0.15) is 0 Å². The molecule has 1 fully saturated rings. The smallest absolute Gasteiger partial charge is 0.122 e. The molecule has 2 heteroatoms. The average Bonchev–Trinajstić information content (AvgIpc) is 3.04. The van der Waals surface area contributed by atoms with Gasteiger partial charge in [-0.25, -0.2) is 0 Å². The molecule has 0 saturated heterocycles. The van der Waals surface area contributed by atoms with Crippen LogP contribution in [0, 0.1) is 12.8 Å². The predicted octanol–water partition coefficient (Wildman–Crippen LogP) is 3.19. The minimum absolute atomic E-state index is 0.0965. The van der Waals surface area contributed by atoms with Crippen molar-refractivity contribution >= 4 is 0 Å². The largest absolute Gasteiger partial charge is 0.493 e. The molecule has 0 aliphatic heterocycles. The van der Waals surface area contributed by atoms with Gasteiger partial charge in [0.25, 0.3) is 0 Å². The van der Waals surface area contributed by atoms with E-state index in [0.717, 1.165) is 18.3 Å². The molecule has 2 nitrogen and oxygen atoms in total. The number of aryl methyl sites for hydroxylation is 1. The molecule has 1 aliphatic rings. The predicted molar refractivity (Wildman–Crippen MR) is 66.6 cm³/mol. The van der Waals surface area contributed by atoms with Gasteiger partial charge in [0.05, 0.1) is 6.61 Å². The van der Waals surface area contributed by atoms with Crippen LogP contribution >= 0.6 is 0 Å². The maximum Gasteiger partial charge on any atom is 0.122 e. The summed E-state index contributed by atoms with van der Waals surface area (Å²) in [6.45, 7) is 4.93. The zero-order chi connectivity index (χ0) is 11.5. The van der Waals surface area contributed by atoms with Crippen LogP contribution in [0.15, 0.2) is 18.2 Å². The molecule has 0 amide bonds. The lowest BCUT2D eigenvalue weighted by molar-refractivity contribution is 0.300. The monoisotopic (exact) mass is 219 g/mol. The Morgan fingerprint density at radius 2 is 2.19 bits per heavy atom. The summed E-state index contributed by atoms with van der Waals surface area (Å²) < 4.78 is 5.78. The third-order valence-electron chi connectivity index (χ3n) is 3.21. The van der Waals surface area contributed by atoms with Gasteiger partial charge in [-0.1, -0.05) is 25.0 Å². The van der Waals surface area contributed by atoms with E-state index in [-0.39, 0.29) is 6.04 Å². The second-order valence-electron chi connectivity index (χ2n) is 4.89. The molecule has 0 radical (unpaired) electrons. The van der Waals surface area contributed by atoms with Crippen molar-refractivity contribution in [2.24, 2.45) is 11.7 Å². The first-order valence-electron chi connectivity index (χ1n) is 6.15. The van der Waals surface area contributed by atoms with E-state index >= 15 is 0 Å². The Labute approximate surface area is 97.8 Å². The Kier molecular flexibility index (Phi) is 3.49. The van der Waals surface area contributed by atoms with Crippen molar-refractivity contribution in [2.45, 2.75) is 39.2 Å². The zero-order valence-corrected chi connectivity index (χ0v) is 10.2. The SMILES string of the molecule is Cc1cc([C@@H](C)N)ccc1OCCC1CC1. The first kappa shape index (κ1) is 11.5. The molecular formula is C14H21NO. The van der Waals surface area contributed by atoms with E-state index in [1.807, 2.05) is 13.0 Å². The van der Waals surface area contributed by atoms with Crippen molar-refractivity contribution in [3.05, 3.63) is 29.3 Å². The molecule has 0 aromatic heterocycles. The summed E-state index contributed by atoms with van der Waals surface area (Å²) in [6.07, 6.45) is 3.99. The van der Waals surface area contributed by atoms with Crippen LogP contribution in [0.25, 0.3) is 0 Å². The average molecular weight is 219 g/mol. The number of ether oxygens (including phenoxy) is 1. The third kappa shape index (κ3) is 2.99. The lowest BCUT2D eigenvalue weighted by atomic mass is 10.1. The second-order valence-corrected chi connectivity index (χ2v) is 4.89. The highest BCUT2D eigenvalue weighted by Crippen LogP contribution is 2.32. The molecule has 1 aliphatic carbocycles. The summed E-state index contributed by atoms with van der Waals surface area (Å²) in [5, 5.41) is 0. The fourth-order valence-electron chi connectivity index (χ4n) is 1.86. The number of rotatable bonds is 5. The molecule has 1 atom stereocenters. The van der Waals surface area contributed by atoms with Crippen molar-refractivity contribution in [3.8, 4) is 5.75 Å². The Hall–Kier alpha value is -1.02. The van der Waals surface area contributed by atoms with E-state index in [1.54, 1.807) is 0 Å². The number of hydrogen-bond donors (Lipinski definition) is 1.